The average Bonchev–Trinajstić information content (AvgIpc) is 2.75. The second kappa shape index (κ2) is 10.7. The predicted octanol–water partition coefficient (Wildman–Crippen LogP) is 4.02. The van der Waals surface area contributed by atoms with Gasteiger partial charge in [-0.15, -0.1) is 0 Å². The van der Waals surface area contributed by atoms with Crippen molar-refractivity contribution in [3.63, 3.8) is 0 Å². The molecule has 0 saturated carbocycles. The van der Waals surface area contributed by atoms with E-state index >= 15 is 0 Å². The third-order valence-corrected chi connectivity index (χ3v) is 4.50. The van der Waals surface area contributed by atoms with Gasteiger partial charge in [0.2, 0.25) is 0 Å². The molecule has 0 aliphatic heterocycles. The highest BCUT2D eigenvalue weighted by molar-refractivity contribution is 6.03. The molecule has 0 heterocycles. The minimum absolute atomic E-state index is 0.207. The smallest absolute Gasteiger partial charge is 0.319 e. The van der Waals surface area contributed by atoms with Crippen LogP contribution in [0.2, 0.25) is 0 Å². The molecule has 5 heteroatoms. The van der Waals surface area contributed by atoms with Crippen LogP contribution in [0.15, 0.2) is 84.9 Å². The third-order valence-electron chi connectivity index (χ3n) is 4.50. The first-order chi connectivity index (χ1) is 14.2. The van der Waals surface area contributed by atoms with Gasteiger partial charge in [0, 0.05) is 13.1 Å². The number of hydrogen-bond acceptors (Lipinski definition) is 2. The Kier molecular flexibility index (Phi) is 7.41. The summed E-state index contributed by atoms with van der Waals surface area (Å²) in [5.41, 5.74) is 3.25. The van der Waals surface area contributed by atoms with Gasteiger partial charge in [0.25, 0.3) is 5.91 Å². The van der Waals surface area contributed by atoms with Crippen LogP contribution >= 0.6 is 0 Å². The van der Waals surface area contributed by atoms with E-state index in [4.69, 9.17) is 0 Å². The lowest BCUT2D eigenvalue weighted by molar-refractivity contribution is 0.0955. The van der Waals surface area contributed by atoms with E-state index in [0.29, 0.717) is 24.3 Å². The van der Waals surface area contributed by atoms with Crippen LogP contribution in [0.5, 0.6) is 0 Å². The zero-order valence-electron chi connectivity index (χ0n) is 16.2. The molecule has 5 nitrogen and oxygen atoms in total. The number of amides is 3. The Hall–Kier alpha value is -3.60. The van der Waals surface area contributed by atoms with E-state index in [1.54, 1.807) is 24.3 Å². The van der Waals surface area contributed by atoms with Gasteiger partial charge in [-0.3, -0.25) is 4.79 Å². The number of benzene rings is 3. The Bertz CT molecular complexity index is 927. The lowest BCUT2D eigenvalue weighted by atomic mass is 10.1. The molecule has 0 aliphatic rings. The summed E-state index contributed by atoms with van der Waals surface area (Å²) >= 11 is 0. The quantitative estimate of drug-likeness (QED) is 0.546. The summed E-state index contributed by atoms with van der Waals surface area (Å²) in [6.45, 7) is 1.04. The van der Waals surface area contributed by atoms with Gasteiger partial charge < -0.3 is 16.0 Å². The molecule has 3 amide bonds. The Morgan fingerprint density at radius 1 is 0.621 bits per heavy atom. The molecule has 0 fully saturated rings. The summed E-state index contributed by atoms with van der Waals surface area (Å²) < 4.78 is 0. The monoisotopic (exact) mass is 387 g/mol. The van der Waals surface area contributed by atoms with Crippen LogP contribution in [0.1, 0.15) is 21.5 Å². The summed E-state index contributed by atoms with van der Waals surface area (Å²) in [5, 5.41) is 8.52. The van der Waals surface area contributed by atoms with E-state index in [2.05, 4.69) is 16.0 Å². The lowest BCUT2D eigenvalue weighted by Gasteiger charge is -2.12. The van der Waals surface area contributed by atoms with E-state index in [9.17, 15) is 9.59 Å². The van der Waals surface area contributed by atoms with Gasteiger partial charge in [-0.1, -0.05) is 72.8 Å². The van der Waals surface area contributed by atoms with E-state index in [0.717, 1.165) is 24.0 Å². The van der Waals surface area contributed by atoms with Crippen LogP contribution in [-0.2, 0) is 12.8 Å². The molecule has 0 radical (unpaired) electrons. The topological polar surface area (TPSA) is 70.2 Å². The van der Waals surface area contributed by atoms with Crippen molar-refractivity contribution >= 4 is 17.6 Å². The minimum Gasteiger partial charge on any atom is -0.352 e. The van der Waals surface area contributed by atoms with Gasteiger partial charge in [0.15, 0.2) is 0 Å². The fourth-order valence-corrected chi connectivity index (χ4v) is 2.98. The Labute approximate surface area is 171 Å². The fraction of sp³-hybridized carbons (Fsp3) is 0.167. The molecule has 3 aromatic rings. The number of rotatable bonds is 8. The molecule has 29 heavy (non-hydrogen) atoms. The number of para-hydroxylation sites is 1. The summed E-state index contributed by atoms with van der Waals surface area (Å²) in [7, 11) is 0. The standard InChI is InChI=1S/C24H25N3O2/c28-23(25-17-15-19-9-3-1-4-10-19)21-13-7-8-14-22(21)27-24(29)26-18-16-20-11-5-2-6-12-20/h1-14H,15-18H2,(H,25,28)(H2,26,27,29). The Morgan fingerprint density at radius 2 is 1.14 bits per heavy atom. The molecule has 148 valence electrons. The summed E-state index contributed by atoms with van der Waals surface area (Å²) in [4.78, 5) is 24.8. The number of carbonyl (C=O) groups excluding carboxylic acids is 2. The molecule has 3 rings (SSSR count). The second-order valence-corrected chi connectivity index (χ2v) is 6.65. The van der Waals surface area contributed by atoms with Gasteiger partial charge in [0.05, 0.1) is 11.3 Å². The maximum absolute atomic E-state index is 12.6. The normalized spacial score (nSPS) is 10.2. The maximum Gasteiger partial charge on any atom is 0.319 e. The highest BCUT2D eigenvalue weighted by atomic mass is 16.2. The van der Waals surface area contributed by atoms with Crippen molar-refractivity contribution in [2.75, 3.05) is 18.4 Å². The second-order valence-electron chi connectivity index (χ2n) is 6.65. The summed E-state index contributed by atoms with van der Waals surface area (Å²) in [6.07, 6.45) is 1.50. The number of urea groups is 1. The molecule has 0 saturated heterocycles. The highest BCUT2D eigenvalue weighted by Gasteiger charge is 2.12. The van der Waals surface area contributed by atoms with Gasteiger partial charge in [-0.2, -0.15) is 0 Å². The van der Waals surface area contributed by atoms with Gasteiger partial charge >= 0.3 is 6.03 Å². The number of carbonyl (C=O) groups is 2. The van der Waals surface area contributed by atoms with Crippen LogP contribution in [0.25, 0.3) is 0 Å². The van der Waals surface area contributed by atoms with E-state index in [1.807, 2.05) is 60.7 Å². The number of hydrogen-bond donors (Lipinski definition) is 3. The van der Waals surface area contributed by atoms with Crippen molar-refractivity contribution in [1.82, 2.24) is 10.6 Å². The molecule has 0 aliphatic carbocycles. The molecular weight excluding hydrogens is 362 g/mol. The predicted molar refractivity (Wildman–Crippen MR) is 116 cm³/mol. The van der Waals surface area contributed by atoms with Crippen molar-refractivity contribution < 1.29 is 9.59 Å². The third kappa shape index (κ3) is 6.50. The van der Waals surface area contributed by atoms with E-state index in [1.165, 1.54) is 0 Å². The van der Waals surface area contributed by atoms with Crippen LogP contribution in [0.3, 0.4) is 0 Å². The van der Waals surface area contributed by atoms with Gasteiger partial charge in [-0.25, -0.2) is 4.79 Å². The van der Waals surface area contributed by atoms with E-state index < -0.39 is 0 Å². The van der Waals surface area contributed by atoms with Crippen LogP contribution in [-0.4, -0.2) is 25.0 Å². The average molecular weight is 387 g/mol. The van der Waals surface area contributed by atoms with Gasteiger partial charge in [-0.05, 0) is 36.1 Å². The highest BCUT2D eigenvalue weighted by Crippen LogP contribution is 2.15. The molecule has 3 aromatic carbocycles. The largest absolute Gasteiger partial charge is 0.352 e. The summed E-state index contributed by atoms with van der Waals surface area (Å²) in [6, 6.07) is 26.6. The van der Waals surface area contributed by atoms with Crippen LogP contribution in [0, 0.1) is 0 Å². The first-order valence-corrected chi connectivity index (χ1v) is 9.72. The fourth-order valence-electron chi connectivity index (χ4n) is 2.98. The SMILES string of the molecule is O=C(NCCc1ccccc1)Nc1ccccc1C(=O)NCCc1ccccc1. The van der Waals surface area contributed by atoms with Crippen molar-refractivity contribution in [3.05, 3.63) is 102 Å². The maximum atomic E-state index is 12.6. The van der Waals surface area contributed by atoms with E-state index in [-0.39, 0.29) is 11.9 Å². The summed E-state index contributed by atoms with van der Waals surface area (Å²) in [5.74, 6) is -0.207. The zero-order valence-corrected chi connectivity index (χ0v) is 16.2. The molecular formula is C24H25N3O2. The molecule has 0 atom stereocenters. The Balaban J connectivity index is 1.49. The van der Waals surface area contributed by atoms with Crippen molar-refractivity contribution in [2.45, 2.75) is 12.8 Å². The first kappa shape index (κ1) is 20.1. The Morgan fingerprint density at radius 3 is 1.76 bits per heavy atom. The first-order valence-electron chi connectivity index (χ1n) is 9.72. The molecule has 0 bridgehead atoms. The molecule has 0 aromatic heterocycles. The van der Waals surface area contributed by atoms with Crippen molar-refractivity contribution in [1.29, 1.82) is 0 Å². The van der Waals surface area contributed by atoms with Crippen molar-refractivity contribution in [2.24, 2.45) is 0 Å². The zero-order chi connectivity index (χ0) is 20.3. The van der Waals surface area contributed by atoms with Crippen molar-refractivity contribution in [3.8, 4) is 0 Å². The van der Waals surface area contributed by atoms with Crippen LogP contribution < -0.4 is 16.0 Å². The van der Waals surface area contributed by atoms with Crippen LogP contribution in [0.4, 0.5) is 10.5 Å². The molecule has 0 unspecified atom stereocenters. The number of nitrogens with one attached hydrogen (secondary N) is 3. The lowest BCUT2D eigenvalue weighted by Crippen LogP contribution is -2.32. The van der Waals surface area contributed by atoms with Gasteiger partial charge in [0.1, 0.15) is 0 Å². The minimum atomic E-state index is -0.328. The number of anilines is 1. The molecule has 0 spiro atoms. The molecule has 3 N–H and O–H groups in total.